The molecule has 1 aromatic carbocycles. The van der Waals surface area contributed by atoms with Gasteiger partial charge in [-0.05, 0) is 23.1 Å². The van der Waals surface area contributed by atoms with Crippen molar-refractivity contribution in [2.75, 3.05) is 14.1 Å². The van der Waals surface area contributed by atoms with E-state index in [9.17, 15) is 9.59 Å². The molecule has 0 spiro atoms. The molecule has 22 heavy (non-hydrogen) atoms. The van der Waals surface area contributed by atoms with Gasteiger partial charge in [-0.2, -0.15) is 0 Å². The first-order valence-electron chi connectivity index (χ1n) is 6.97. The minimum atomic E-state index is -0.549. The van der Waals surface area contributed by atoms with E-state index in [2.05, 4.69) is 5.32 Å². The lowest BCUT2D eigenvalue weighted by atomic mass is 9.87. The minimum absolute atomic E-state index is 0. The zero-order chi connectivity index (χ0) is 16.2. The van der Waals surface area contributed by atoms with Crippen LogP contribution in [0.15, 0.2) is 24.3 Å². The molecule has 0 radical (unpaired) electrons. The number of halogens is 1. The summed E-state index contributed by atoms with van der Waals surface area (Å²) in [5.41, 5.74) is 7.18. The Hall–Kier alpha value is -1.59. The summed E-state index contributed by atoms with van der Waals surface area (Å²) in [6, 6.07) is 6.63. The summed E-state index contributed by atoms with van der Waals surface area (Å²) >= 11 is 0. The Morgan fingerprint density at radius 2 is 1.68 bits per heavy atom. The van der Waals surface area contributed by atoms with Gasteiger partial charge in [0.2, 0.25) is 5.91 Å². The number of hydrogen-bond donors (Lipinski definition) is 2. The lowest BCUT2D eigenvalue weighted by Gasteiger charge is -2.25. The topological polar surface area (TPSA) is 75.4 Å². The predicted molar refractivity (Wildman–Crippen MR) is 91.0 cm³/mol. The predicted octanol–water partition coefficient (Wildman–Crippen LogP) is 1.80. The molecule has 0 bridgehead atoms. The Morgan fingerprint density at radius 1 is 1.18 bits per heavy atom. The highest BCUT2D eigenvalue weighted by Gasteiger charge is 2.27. The first kappa shape index (κ1) is 20.4. The molecule has 0 saturated heterocycles. The molecule has 2 amide bonds. The maximum atomic E-state index is 11.9. The Morgan fingerprint density at radius 3 is 2.09 bits per heavy atom. The molecule has 3 N–H and O–H groups in total. The zero-order valence-corrected chi connectivity index (χ0v) is 14.7. The molecule has 1 atom stereocenters. The number of carbonyl (C=O) groups excluding carboxylic acids is 2. The van der Waals surface area contributed by atoms with E-state index in [1.54, 1.807) is 26.2 Å². The van der Waals surface area contributed by atoms with E-state index < -0.39 is 6.04 Å². The molecule has 0 aliphatic heterocycles. The van der Waals surface area contributed by atoms with Gasteiger partial charge in [-0.3, -0.25) is 9.59 Å². The van der Waals surface area contributed by atoms with Crippen molar-refractivity contribution in [1.82, 2.24) is 10.2 Å². The van der Waals surface area contributed by atoms with Gasteiger partial charge in [0.1, 0.15) is 0 Å². The molecule has 1 aromatic rings. The van der Waals surface area contributed by atoms with Crippen LogP contribution in [0.4, 0.5) is 0 Å². The summed E-state index contributed by atoms with van der Waals surface area (Å²) in [6.45, 7) is 6.19. The standard InChI is InChI=1S/C16H25N3O2.ClH/c1-16(2,3)13(17)14(20)18-10-11-6-8-12(9-7-11)15(21)19(4)5;/h6-9,13H,10,17H2,1-5H3,(H,18,20);1H/t13-;/m1./s1. The zero-order valence-electron chi connectivity index (χ0n) is 13.8. The molecule has 0 aliphatic carbocycles. The molecule has 0 saturated carbocycles. The van der Waals surface area contributed by atoms with E-state index in [1.165, 1.54) is 4.90 Å². The summed E-state index contributed by atoms with van der Waals surface area (Å²) in [6.07, 6.45) is 0. The van der Waals surface area contributed by atoms with Crippen LogP contribution >= 0.6 is 12.4 Å². The quantitative estimate of drug-likeness (QED) is 0.885. The fourth-order valence-electron chi connectivity index (χ4n) is 1.72. The van der Waals surface area contributed by atoms with Gasteiger partial charge in [-0.1, -0.05) is 32.9 Å². The van der Waals surface area contributed by atoms with Gasteiger partial charge in [0.05, 0.1) is 6.04 Å². The molecule has 0 unspecified atom stereocenters. The highest BCUT2D eigenvalue weighted by molar-refractivity contribution is 5.93. The number of rotatable bonds is 4. The summed E-state index contributed by atoms with van der Waals surface area (Å²) in [7, 11) is 3.43. The lowest BCUT2D eigenvalue weighted by Crippen LogP contribution is -2.48. The first-order chi connectivity index (χ1) is 9.62. The molecular weight excluding hydrogens is 302 g/mol. The van der Waals surface area contributed by atoms with Gasteiger partial charge in [-0.15, -0.1) is 12.4 Å². The normalized spacial score (nSPS) is 12.1. The van der Waals surface area contributed by atoms with Crippen molar-refractivity contribution in [2.45, 2.75) is 33.4 Å². The average molecular weight is 328 g/mol. The third-order valence-electron chi connectivity index (χ3n) is 3.29. The van der Waals surface area contributed by atoms with E-state index in [0.29, 0.717) is 12.1 Å². The summed E-state index contributed by atoms with van der Waals surface area (Å²) < 4.78 is 0. The van der Waals surface area contributed by atoms with Crippen molar-refractivity contribution in [3.63, 3.8) is 0 Å². The van der Waals surface area contributed by atoms with Gasteiger partial charge in [0.15, 0.2) is 0 Å². The Labute approximate surface area is 138 Å². The van der Waals surface area contributed by atoms with Gasteiger partial charge in [0, 0.05) is 26.2 Å². The van der Waals surface area contributed by atoms with Crippen LogP contribution in [0.2, 0.25) is 0 Å². The number of amides is 2. The number of benzene rings is 1. The van der Waals surface area contributed by atoms with Gasteiger partial charge < -0.3 is 16.0 Å². The van der Waals surface area contributed by atoms with Crippen LogP contribution in [-0.2, 0) is 11.3 Å². The maximum Gasteiger partial charge on any atom is 0.253 e. The number of nitrogens with zero attached hydrogens (tertiary/aromatic N) is 1. The molecule has 1 rings (SSSR count). The van der Waals surface area contributed by atoms with Crippen LogP contribution in [0.5, 0.6) is 0 Å². The Balaban J connectivity index is 0.00000441. The van der Waals surface area contributed by atoms with Crippen LogP contribution in [-0.4, -0.2) is 36.9 Å². The lowest BCUT2D eigenvalue weighted by molar-refractivity contribution is -0.124. The molecule has 0 fully saturated rings. The SMILES string of the molecule is CN(C)C(=O)c1ccc(CNC(=O)[C@@H](N)C(C)(C)C)cc1.Cl. The third-order valence-corrected chi connectivity index (χ3v) is 3.29. The minimum Gasteiger partial charge on any atom is -0.351 e. The van der Waals surface area contributed by atoms with Gasteiger partial charge in [-0.25, -0.2) is 0 Å². The van der Waals surface area contributed by atoms with Gasteiger partial charge in [0.25, 0.3) is 5.91 Å². The van der Waals surface area contributed by atoms with Crippen molar-refractivity contribution < 1.29 is 9.59 Å². The average Bonchev–Trinajstić information content (AvgIpc) is 2.42. The van der Waals surface area contributed by atoms with Crippen LogP contribution < -0.4 is 11.1 Å². The number of nitrogens with one attached hydrogen (secondary N) is 1. The number of carbonyl (C=O) groups is 2. The van der Waals surface area contributed by atoms with Crippen LogP contribution in [0.25, 0.3) is 0 Å². The molecule has 124 valence electrons. The largest absolute Gasteiger partial charge is 0.351 e. The molecule has 0 aliphatic rings. The van der Waals surface area contributed by atoms with Crippen LogP contribution in [0.3, 0.4) is 0 Å². The molecular formula is C16H26ClN3O2. The highest BCUT2D eigenvalue weighted by Crippen LogP contribution is 2.17. The van der Waals surface area contributed by atoms with Crippen LogP contribution in [0, 0.1) is 5.41 Å². The molecule has 6 heteroatoms. The fourth-order valence-corrected chi connectivity index (χ4v) is 1.72. The summed E-state index contributed by atoms with van der Waals surface area (Å²) in [5.74, 6) is -0.212. The second kappa shape index (κ2) is 8.15. The van der Waals surface area contributed by atoms with Crippen molar-refractivity contribution in [2.24, 2.45) is 11.1 Å². The van der Waals surface area contributed by atoms with E-state index >= 15 is 0 Å². The van der Waals surface area contributed by atoms with E-state index in [-0.39, 0.29) is 29.6 Å². The second-order valence-electron chi connectivity index (χ2n) is 6.46. The molecule has 0 heterocycles. The molecule has 0 aromatic heterocycles. The van der Waals surface area contributed by atoms with Crippen molar-refractivity contribution >= 4 is 24.2 Å². The van der Waals surface area contributed by atoms with Crippen LogP contribution in [0.1, 0.15) is 36.7 Å². The maximum absolute atomic E-state index is 11.9. The third kappa shape index (κ3) is 5.66. The number of hydrogen-bond acceptors (Lipinski definition) is 3. The van der Waals surface area contributed by atoms with Crippen molar-refractivity contribution in [1.29, 1.82) is 0 Å². The Kier molecular flexibility index (Phi) is 7.56. The number of nitrogens with two attached hydrogens (primary N) is 1. The van der Waals surface area contributed by atoms with Gasteiger partial charge >= 0.3 is 0 Å². The fraction of sp³-hybridized carbons (Fsp3) is 0.500. The highest BCUT2D eigenvalue weighted by atomic mass is 35.5. The van der Waals surface area contributed by atoms with Crippen molar-refractivity contribution in [3.05, 3.63) is 35.4 Å². The van der Waals surface area contributed by atoms with Crippen molar-refractivity contribution in [3.8, 4) is 0 Å². The molecule has 5 nitrogen and oxygen atoms in total. The summed E-state index contributed by atoms with van der Waals surface area (Å²) in [4.78, 5) is 25.2. The van der Waals surface area contributed by atoms with E-state index in [0.717, 1.165) is 5.56 Å². The van der Waals surface area contributed by atoms with E-state index in [4.69, 9.17) is 5.73 Å². The summed E-state index contributed by atoms with van der Waals surface area (Å²) in [5, 5.41) is 2.82. The Bertz CT molecular complexity index is 507. The first-order valence-corrected chi connectivity index (χ1v) is 6.97. The second-order valence-corrected chi connectivity index (χ2v) is 6.46. The smallest absolute Gasteiger partial charge is 0.253 e. The monoisotopic (exact) mass is 327 g/mol. The van der Waals surface area contributed by atoms with E-state index in [1.807, 2.05) is 32.9 Å².